The molecule has 0 saturated carbocycles. The fourth-order valence-electron chi connectivity index (χ4n) is 2.52. The minimum Gasteiger partial charge on any atom is -0.377 e. The van der Waals surface area contributed by atoms with Gasteiger partial charge in [0.15, 0.2) is 4.34 Å². The molecule has 4 rings (SSSR count). The van der Waals surface area contributed by atoms with Gasteiger partial charge in [0.05, 0.1) is 16.0 Å². The molecule has 2 aromatic heterocycles. The molecule has 0 fully saturated rings. The molecule has 4 aromatic rings. The number of thioether (sulfide) groups is 1. The number of rotatable bonds is 6. The Bertz CT molecular complexity index is 1050. The third-order valence-electron chi connectivity index (χ3n) is 3.78. The number of fused-ring (bicyclic) bond motifs is 1. The van der Waals surface area contributed by atoms with Crippen LogP contribution in [0.3, 0.4) is 0 Å². The molecule has 2 heterocycles. The van der Waals surface area contributed by atoms with Gasteiger partial charge in [-0.3, -0.25) is 0 Å². The maximum Gasteiger partial charge on any atom is 0.231 e. The van der Waals surface area contributed by atoms with Crippen LogP contribution in [0.5, 0.6) is 0 Å². The molecule has 5 nitrogen and oxygen atoms in total. The standard InChI is InChI=1S/C19H17N5S3/c1-24(2)15-9-5-3-7-13(15)11-20-18-23-22-17(27-18)12-25-19-21-14-8-4-6-10-16(14)26-19/h3-11H,12H2,1-2H3/b20-11+. The van der Waals surface area contributed by atoms with Gasteiger partial charge >= 0.3 is 0 Å². The highest BCUT2D eigenvalue weighted by Crippen LogP contribution is 2.32. The second-order valence-electron chi connectivity index (χ2n) is 5.93. The van der Waals surface area contributed by atoms with E-state index in [2.05, 4.69) is 37.2 Å². The van der Waals surface area contributed by atoms with Gasteiger partial charge in [0.1, 0.15) is 5.01 Å². The zero-order valence-electron chi connectivity index (χ0n) is 14.9. The van der Waals surface area contributed by atoms with E-state index < -0.39 is 0 Å². The summed E-state index contributed by atoms with van der Waals surface area (Å²) in [7, 11) is 4.05. The minimum absolute atomic E-state index is 0.670. The highest BCUT2D eigenvalue weighted by atomic mass is 32.2. The van der Waals surface area contributed by atoms with Crippen LogP contribution in [0.4, 0.5) is 10.8 Å². The van der Waals surface area contributed by atoms with Gasteiger partial charge in [0, 0.05) is 31.6 Å². The molecule has 0 amide bonds. The molecule has 0 atom stereocenters. The quantitative estimate of drug-likeness (QED) is 0.320. The Morgan fingerprint density at radius 1 is 1.04 bits per heavy atom. The first kappa shape index (κ1) is 18.1. The van der Waals surface area contributed by atoms with E-state index >= 15 is 0 Å². The van der Waals surface area contributed by atoms with Gasteiger partial charge in [-0.1, -0.05) is 53.4 Å². The average Bonchev–Trinajstić information content (AvgIpc) is 3.31. The van der Waals surface area contributed by atoms with Crippen LogP contribution >= 0.6 is 34.4 Å². The van der Waals surface area contributed by atoms with Crippen LogP contribution in [0.15, 0.2) is 57.9 Å². The number of aliphatic imine (C=N–C) groups is 1. The second-order valence-corrected chi connectivity index (χ2v) is 9.22. The molecule has 0 spiro atoms. The van der Waals surface area contributed by atoms with E-state index in [0.717, 1.165) is 31.9 Å². The molecular formula is C19H17N5S3. The number of hydrogen-bond acceptors (Lipinski definition) is 8. The van der Waals surface area contributed by atoms with Gasteiger partial charge in [-0.05, 0) is 18.2 Å². The van der Waals surface area contributed by atoms with Gasteiger partial charge in [0.25, 0.3) is 0 Å². The summed E-state index contributed by atoms with van der Waals surface area (Å²) in [5.74, 6) is 0.751. The summed E-state index contributed by atoms with van der Waals surface area (Å²) >= 11 is 4.91. The lowest BCUT2D eigenvalue weighted by molar-refractivity contribution is 1.04. The topological polar surface area (TPSA) is 54.3 Å². The summed E-state index contributed by atoms with van der Waals surface area (Å²) < 4.78 is 2.26. The number of benzene rings is 2. The van der Waals surface area contributed by atoms with E-state index in [1.165, 1.54) is 16.0 Å². The first-order chi connectivity index (χ1) is 13.2. The fraction of sp³-hybridized carbons (Fsp3) is 0.158. The predicted octanol–water partition coefficient (Wildman–Crippen LogP) is 5.26. The van der Waals surface area contributed by atoms with Crippen LogP contribution < -0.4 is 4.90 Å². The average molecular weight is 412 g/mol. The lowest BCUT2D eigenvalue weighted by atomic mass is 10.2. The molecule has 0 aliphatic heterocycles. The van der Waals surface area contributed by atoms with Crippen molar-refractivity contribution in [2.24, 2.45) is 4.99 Å². The number of aromatic nitrogens is 3. The van der Waals surface area contributed by atoms with E-state index in [4.69, 9.17) is 0 Å². The van der Waals surface area contributed by atoms with Crippen molar-refractivity contribution in [3.8, 4) is 0 Å². The van der Waals surface area contributed by atoms with Crippen molar-refractivity contribution in [2.75, 3.05) is 19.0 Å². The maximum atomic E-state index is 4.64. The third-order valence-corrected chi connectivity index (χ3v) is 6.99. The van der Waals surface area contributed by atoms with Crippen LogP contribution in [0.1, 0.15) is 10.6 Å². The van der Waals surface area contributed by atoms with Crippen LogP contribution in [0.2, 0.25) is 0 Å². The third kappa shape index (κ3) is 4.35. The van der Waals surface area contributed by atoms with Crippen LogP contribution in [0.25, 0.3) is 10.2 Å². The molecule has 0 radical (unpaired) electrons. The SMILES string of the molecule is CN(C)c1ccccc1/C=N/c1nnc(CSc2nc3ccccc3s2)s1. The Morgan fingerprint density at radius 2 is 1.85 bits per heavy atom. The number of anilines is 1. The molecule has 27 heavy (non-hydrogen) atoms. The summed E-state index contributed by atoms with van der Waals surface area (Å²) in [5.41, 5.74) is 3.23. The summed E-state index contributed by atoms with van der Waals surface area (Å²) in [4.78, 5) is 11.2. The summed E-state index contributed by atoms with van der Waals surface area (Å²) in [6, 6.07) is 16.3. The number of nitrogens with zero attached hydrogens (tertiary/aromatic N) is 5. The molecular weight excluding hydrogens is 394 g/mol. The largest absolute Gasteiger partial charge is 0.377 e. The molecule has 0 saturated heterocycles. The monoisotopic (exact) mass is 411 g/mol. The van der Waals surface area contributed by atoms with E-state index in [-0.39, 0.29) is 0 Å². The number of hydrogen-bond donors (Lipinski definition) is 0. The molecule has 8 heteroatoms. The summed E-state index contributed by atoms with van der Waals surface area (Å²) in [5, 5.41) is 10.1. The Labute approximate surface area is 169 Å². The minimum atomic E-state index is 0.670. The predicted molar refractivity (Wildman–Crippen MR) is 117 cm³/mol. The molecule has 0 bridgehead atoms. The summed E-state index contributed by atoms with van der Waals surface area (Å²) in [6.07, 6.45) is 1.85. The van der Waals surface area contributed by atoms with Gasteiger partial charge in [-0.15, -0.1) is 21.5 Å². The lowest BCUT2D eigenvalue weighted by Gasteiger charge is -2.14. The van der Waals surface area contributed by atoms with Crippen LogP contribution in [-0.4, -0.2) is 35.5 Å². The zero-order chi connectivity index (χ0) is 18.6. The Kier molecular flexibility index (Phi) is 5.47. The van der Waals surface area contributed by atoms with Gasteiger partial charge in [-0.2, -0.15) is 0 Å². The molecule has 0 unspecified atom stereocenters. The Morgan fingerprint density at radius 3 is 2.70 bits per heavy atom. The van der Waals surface area contributed by atoms with E-state index in [9.17, 15) is 0 Å². The smallest absolute Gasteiger partial charge is 0.231 e. The van der Waals surface area contributed by atoms with Crippen LogP contribution in [0, 0.1) is 0 Å². The van der Waals surface area contributed by atoms with Gasteiger partial charge in [0.2, 0.25) is 5.13 Å². The van der Waals surface area contributed by atoms with Crippen molar-refractivity contribution in [1.29, 1.82) is 0 Å². The Hall–Kier alpha value is -2.29. The first-order valence-corrected chi connectivity index (χ1v) is 10.9. The first-order valence-electron chi connectivity index (χ1n) is 8.30. The van der Waals surface area contributed by atoms with Crippen LogP contribution in [-0.2, 0) is 5.75 Å². The van der Waals surface area contributed by atoms with Gasteiger partial charge in [-0.25, -0.2) is 9.98 Å². The second kappa shape index (κ2) is 8.16. The van der Waals surface area contributed by atoms with E-state index in [0.29, 0.717) is 5.13 Å². The normalized spacial score (nSPS) is 11.5. The van der Waals surface area contributed by atoms with E-state index in [1.54, 1.807) is 23.1 Å². The molecule has 0 N–H and O–H groups in total. The van der Waals surface area contributed by atoms with Gasteiger partial charge < -0.3 is 4.90 Å². The maximum absolute atomic E-state index is 4.64. The van der Waals surface area contributed by atoms with Crippen molar-refractivity contribution < 1.29 is 0 Å². The van der Waals surface area contributed by atoms with Crippen molar-refractivity contribution in [2.45, 2.75) is 10.1 Å². The molecule has 0 aliphatic rings. The van der Waals surface area contributed by atoms with Crippen molar-refractivity contribution in [3.63, 3.8) is 0 Å². The molecule has 0 aliphatic carbocycles. The lowest BCUT2D eigenvalue weighted by Crippen LogP contribution is -2.10. The summed E-state index contributed by atoms with van der Waals surface area (Å²) in [6.45, 7) is 0. The van der Waals surface area contributed by atoms with Crippen molar-refractivity contribution in [3.05, 3.63) is 59.1 Å². The van der Waals surface area contributed by atoms with E-state index in [1.807, 2.05) is 56.7 Å². The molecule has 2 aromatic carbocycles. The molecule has 136 valence electrons. The number of thiazole rings is 1. The van der Waals surface area contributed by atoms with Crippen molar-refractivity contribution in [1.82, 2.24) is 15.2 Å². The fourth-order valence-corrected chi connectivity index (χ4v) is 5.26. The number of para-hydroxylation sites is 2. The highest BCUT2D eigenvalue weighted by molar-refractivity contribution is 8.00. The zero-order valence-corrected chi connectivity index (χ0v) is 17.3. The Balaban J connectivity index is 1.43. The highest BCUT2D eigenvalue weighted by Gasteiger charge is 2.08. The van der Waals surface area contributed by atoms with Crippen molar-refractivity contribution >= 4 is 61.7 Å².